The van der Waals surface area contributed by atoms with Gasteiger partial charge in [0.2, 0.25) is 0 Å². The Bertz CT molecular complexity index is 776. The maximum atomic E-state index is 12.6. The monoisotopic (exact) mass is 652 g/mol. The Morgan fingerprint density at radius 1 is 0.783 bits per heavy atom. The lowest BCUT2D eigenvalue weighted by Gasteiger charge is -2.26. The number of nitrogens with zero attached hydrogens (tertiary/aromatic N) is 1. The molecule has 0 radical (unpaired) electrons. The van der Waals surface area contributed by atoms with Crippen molar-refractivity contribution < 1.29 is 29.2 Å². The maximum Gasteiger partial charge on any atom is 0.306 e. The van der Waals surface area contributed by atoms with Crippen molar-refractivity contribution in [1.82, 2.24) is 4.90 Å². The standard InChI is InChI=1S/C39H73NO6/c1-5-7-9-10-12-16-20-32-30-33(32)21-17-13-11-14-18-23-37(41)44-28-19-29-45-39(43)31-34-24-25-36(35(34)22-15-8-6-2)46-38(42)26-27-40(3)4/h8,15,32-38,41-42H,5-7,9-14,16-31H2,1-4H3/b15-8-. The number of ether oxygens (including phenoxy) is 3. The highest BCUT2D eigenvalue weighted by atomic mass is 16.6. The molecular formula is C39H73NO6. The summed E-state index contributed by atoms with van der Waals surface area (Å²) < 4.78 is 17.1. The van der Waals surface area contributed by atoms with Crippen molar-refractivity contribution in [2.24, 2.45) is 23.7 Å². The van der Waals surface area contributed by atoms with Gasteiger partial charge in [0.15, 0.2) is 12.6 Å². The van der Waals surface area contributed by atoms with Crippen molar-refractivity contribution in [3.05, 3.63) is 12.2 Å². The Hall–Kier alpha value is -0.990. The van der Waals surface area contributed by atoms with Crippen molar-refractivity contribution in [1.29, 1.82) is 0 Å². The molecule has 0 aromatic carbocycles. The van der Waals surface area contributed by atoms with Crippen molar-refractivity contribution in [3.8, 4) is 0 Å². The molecule has 0 heterocycles. The number of allylic oxidation sites excluding steroid dienone is 2. The lowest BCUT2D eigenvalue weighted by molar-refractivity contribution is -0.153. The smallest absolute Gasteiger partial charge is 0.306 e. The van der Waals surface area contributed by atoms with Crippen LogP contribution in [-0.4, -0.2) is 73.6 Å². The molecule has 0 aromatic heterocycles. The number of hydrogen-bond acceptors (Lipinski definition) is 7. The van der Waals surface area contributed by atoms with E-state index in [2.05, 4.69) is 26.0 Å². The van der Waals surface area contributed by atoms with Crippen LogP contribution in [0.4, 0.5) is 0 Å². The second-order valence-corrected chi connectivity index (χ2v) is 14.6. The van der Waals surface area contributed by atoms with Gasteiger partial charge in [-0.05, 0) is 82.7 Å². The lowest BCUT2D eigenvalue weighted by Crippen LogP contribution is -2.30. The summed E-state index contributed by atoms with van der Waals surface area (Å²) in [4.78, 5) is 14.7. The molecule has 270 valence electrons. The van der Waals surface area contributed by atoms with E-state index in [0.29, 0.717) is 38.9 Å². The number of carbonyl (C=O) groups is 1. The van der Waals surface area contributed by atoms with Crippen molar-refractivity contribution >= 4 is 5.97 Å². The van der Waals surface area contributed by atoms with E-state index in [-0.39, 0.29) is 23.9 Å². The molecule has 7 heteroatoms. The molecule has 7 unspecified atom stereocenters. The molecule has 0 aliphatic heterocycles. The van der Waals surface area contributed by atoms with Gasteiger partial charge in [-0.3, -0.25) is 4.79 Å². The molecule has 2 aliphatic carbocycles. The topological polar surface area (TPSA) is 88.5 Å². The highest BCUT2D eigenvalue weighted by Crippen LogP contribution is 2.46. The van der Waals surface area contributed by atoms with Gasteiger partial charge in [0.05, 0.1) is 19.3 Å². The van der Waals surface area contributed by atoms with Crippen LogP contribution in [0.25, 0.3) is 0 Å². The Labute approximate surface area is 283 Å². The molecule has 2 fully saturated rings. The molecule has 0 bridgehead atoms. The summed E-state index contributed by atoms with van der Waals surface area (Å²) in [6.45, 7) is 5.87. The minimum atomic E-state index is -0.782. The molecule has 2 aliphatic rings. The Morgan fingerprint density at radius 2 is 1.46 bits per heavy atom. The lowest BCUT2D eigenvalue weighted by atomic mass is 9.88. The van der Waals surface area contributed by atoms with Gasteiger partial charge < -0.3 is 29.3 Å². The zero-order chi connectivity index (χ0) is 33.4. The fourth-order valence-electron chi connectivity index (χ4n) is 7.22. The molecule has 0 aromatic rings. The summed E-state index contributed by atoms with van der Waals surface area (Å²) in [7, 11) is 3.97. The number of rotatable bonds is 30. The summed E-state index contributed by atoms with van der Waals surface area (Å²) in [5.74, 6) is 2.26. The predicted octanol–water partition coefficient (Wildman–Crippen LogP) is 8.80. The van der Waals surface area contributed by atoms with Crippen molar-refractivity contribution in [3.63, 3.8) is 0 Å². The Morgan fingerprint density at radius 3 is 2.13 bits per heavy atom. The molecule has 0 amide bonds. The number of esters is 1. The van der Waals surface area contributed by atoms with Crippen LogP contribution in [0.5, 0.6) is 0 Å². The normalized spacial score (nSPS) is 24.2. The molecule has 7 atom stereocenters. The zero-order valence-electron chi connectivity index (χ0n) is 30.3. The fourth-order valence-corrected chi connectivity index (χ4v) is 7.22. The second kappa shape index (κ2) is 26.0. The number of carbonyl (C=O) groups excluding carboxylic acids is 1. The van der Waals surface area contributed by atoms with E-state index in [4.69, 9.17) is 14.2 Å². The molecule has 0 spiro atoms. The van der Waals surface area contributed by atoms with Crippen LogP contribution in [0, 0.1) is 23.7 Å². The first-order valence-corrected chi connectivity index (χ1v) is 19.4. The van der Waals surface area contributed by atoms with E-state index < -0.39 is 12.6 Å². The van der Waals surface area contributed by atoms with E-state index in [1.165, 1.54) is 77.0 Å². The van der Waals surface area contributed by atoms with Crippen molar-refractivity contribution in [2.75, 3.05) is 33.9 Å². The molecular weight excluding hydrogens is 578 g/mol. The van der Waals surface area contributed by atoms with Gasteiger partial charge in [-0.1, -0.05) is 103 Å². The third-order valence-electron chi connectivity index (χ3n) is 10.2. The Balaban J connectivity index is 1.46. The van der Waals surface area contributed by atoms with Gasteiger partial charge in [0.1, 0.15) is 0 Å². The van der Waals surface area contributed by atoms with Crippen LogP contribution in [0.1, 0.15) is 155 Å². The average Bonchev–Trinajstić information content (AvgIpc) is 3.68. The van der Waals surface area contributed by atoms with Crippen LogP contribution in [0.2, 0.25) is 0 Å². The maximum absolute atomic E-state index is 12.6. The third-order valence-corrected chi connectivity index (χ3v) is 10.2. The quantitative estimate of drug-likeness (QED) is 0.0347. The van der Waals surface area contributed by atoms with Gasteiger partial charge in [-0.2, -0.15) is 0 Å². The summed E-state index contributed by atoms with van der Waals surface area (Å²) >= 11 is 0. The highest BCUT2D eigenvalue weighted by molar-refractivity contribution is 5.69. The molecule has 0 saturated heterocycles. The van der Waals surface area contributed by atoms with Crippen molar-refractivity contribution in [2.45, 2.75) is 174 Å². The largest absolute Gasteiger partial charge is 0.466 e. The van der Waals surface area contributed by atoms with Crippen LogP contribution in [-0.2, 0) is 19.0 Å². The van der Waals surface area contributed by atoms with E-state index >= 15 is 0 Å². The average molecular weight is 652 g/mol. The first-order chi connectivity index (χ1) is 22.3. The summed E-state index contributed by atoms with van der Waals surface area (Å²) in [5, 5.41) is 20.6. The van der Waals surface area contributed by atoms with Crippen LogP contribution in [0.3, 0.4) is 0 Å². The van der Waals surface area contributed by atoms with Gasteiger partial charge >= 0.3 is 5.97 Å². The van der Waals surface area contributed by atoms with Crippen LogP contribution >= 0.6 is 0 Å². The minimum absolute atomic E-state index is 0.0404. The number of hydrogen-bond donors (Lipinski definition) is 2. The predicted molar refractivity (Wildman–Crippen MR) is 188 cm³/mol. The van der Waals surface area contributed by atoms with Gasteiger partial charge in [-0.25, -0.2) is 0 Å². The third kappa shape index (κ3) is 19.7. The van der Waals surface area contributed by atoms with Gasteiger partial charge in [-0.15, -0.1) is 0 Å². The van der Waals surface area contributed by atoms with Crippen LogP contribution in [0.15, 0.2) is 12.2 Å². The molecule has 2 N–H and O–H groups in total. The fraction of sp³-hybridized carbons (Fsp3) is 0.923. The first kappa shape index (κ1) is 41.2. The second-order valence-electron chi connectivity index (χ2n) is 14.6. The number of aliphatic hydroxyl groups excluding tert-OH is 2. The summed E-state index contributed by atoms with van der Waals surface area (Å²) in [5.41, 5.74) is 0. The molecule has 2 rings (SSSR count). The zero-order valence-corrected chi connectivity index (χ0v) is 30.3. The Kier molecular flexibility index (Phi) is 23.2. The SMILES string of the molecule is CC/C=C\CC1C(CC(=O)OCCCOC(O)CCCCCCCC2CC2CCCCCCCC)CCC1OC(O)CCN(C)C. The number of aliphatic hydroxyl groups is 2. The molecule has 7 nitrogen and oxygen atoms in total. The minimum Gasteiger partial charge on any atom is -0.466 e. The number of unbranched alkanes of at least 4 members (excludes halogenated alkanes) is 9. The van der Waals surface area contributed by atoms with E-state index in [1.807, 2.05) is 19.0 Å². The van der Waals surface area contributed by atoms with E-state index in [9.17, 15) is 15.0 Å². The molecule has 46 heavy (non-hydrogen) atoms. The highest BCUT2D eigenvalue weighted by Gasteiger charge is 2.38. The molecule has 2 saturated carbocycles. The van der Waals surface area contributed by atoms with Gasteiger partial charge in [0.25, 0.3) is 0 Å². The van der Waals surface area contributed by atoms with Crippen LogP contribution < -0.4 is 0 Å². The summed E-state index contributed by atoms with van der Waals surface area (Å²) in [6, 6.07) is 0. The first-order valence-electron chi connectivity index (χ1n) is 19.4. The van der Waals surface area contributed by atoms with Gasteiger partial charge in [0, 0.05) is 25.8 Å². The van der Waals surface area contributed by atoms with E-state index in [1.54, 1.807) is 0 Å². The summed E-state index contributed by atoms with van der Waals surface area (Å²) in [6.07, 6.45) is 27.5. The van der Waals surface area contributed by atoms with E-state index in [0.717, 1.165) is 56.9 Å².